The third kappa shape index (κ3) is 5.63. The second-order valence-electron chi connectivity index (χ2n) is 9.93. The lowest BCUT2D eigenvalue weighted by Gasteiger charge is -2.34. The lowest BCUT2D eigenvalue weighted by Crippen LogP contribution is -2.41. The van der Waals surface area contributed by atoms with Crippen LogP contribution in [0.1, 0.15) is 61.1 Å². The van der Waals surface area contributed by atoms with Crippen molar-refractivity contribution < 1.29 is 23.8 Å². The van der Waals surface area contributed by atoms with Gasteiger partial charge in [-0.05, 0) is 42.2 Å². The number of hydrogen-bond donors (Lipinski definition) is 1. The Labute approximate surface area is 216 Å². The Morgan fingerprint density at radius 1 is 1.05 bits per heavy atom. The maximum Gasteiger partial charge on any atom is 0.288 e. The minimum atomic E-state index is -0.711. The van der Waals surface area contributed by atoms with E-state index in [4.69, 9.17) is 13.9 Å². The van der Waals surface area contributed by atoms with E-state index in [1.807, 2.05) is 43.4 Å². The maximum absolute atomic E-state index is 13.5. The Hall–Kier alpha value is -3.42. The van der Waals surface area contributed by atoms with Crippen molar-refractivity contribution in [1.82, 2.24) is 4.90 Å². The fraction of sp³-hybridized carbons (Fsp3) is 0.400. The van der Waals surface area contributed by atoms with Crippen molar-refractivity contribution in [2.75, 3.05) is 7.05 Å². The van der Waals surface area contributed by atoms with Crippen LogP contribution in [0.15, 0.2) is 75.8 Å². The van der Waals surface area contributed by atoms with Crippen LogP contribution in [0.2, 0.25) is 0 Å². The molecule has 1 fully saturated rings. The van der Waals surface area contributed by atoms with Crippen LogP contribution in [-0.2, 0) is 27.5 Å². The van der Waals surface area contributed by atoms with Gasteiger partial charge in [0.15, 0.2) is 11.2 Å². The average Bonchev–Trinajstić information content (AvgIpc) is 2.96. The van der Waals surface area contributed by atoms with Crippen molar-refractivity contribution in [2.45, 2.75) is 70.0 Å². The molecule has 0 saturated heterocycles. The Morgan fingerprint density at radius 2 is 1.78 bits per heavy atom. The molecule has 1 amide bonds. The summed E-state index contributed by atoms with van der Waals surface area (Å²) in [7, 11) is 1.83. The van der Waals surface area contributed by atoms with Crippen LogP contribution in [0.4, 0.5) is 0 Å². The van der Waals surface area contributed by atoms with Crippen molar-refractivity contribution in [1.29, 1.82) is 0 Å². The number of aliphatic hydroxyl groups is 1. The Balaban J connectivity index is 1.41. The van der Waals surface area contributed by atoms with Crippen molar-refractivity contribution >= 4 is 16.9 Å². The summed E-state index contributed by atoms with van der Waals surface area (Å²) in [5.74, 6) is -0.379. The number of ether oxygens (including phenoxy) is 2. The van der Waals surface area contributed by atoms with Gasteiger partial charge in [-0.1, -0.05) is 55.7 Å². The quantitative estimate of drug-likeness (QED) is 0.488. The van der Waals surface area contributed by atoms with E-state index in [9.17, 15) is 14.7 Å². The highest BCUT2D eigenvalue weighted by molar-refractivity contribution is 5.92. The minimum absolute atomic E-state index is 0.0202. The molecule has 0 bridgehead atoms. The molecule has 37 heavy (non-hydrogen) atoms. The number of carbonyl (C=O) groups excluding carboxylic acids is 1. The zero-order chi connectivity index (χ0) is 25.8. The molecule has 2 unspecified atom stereocenters. The summed E-state index contributed by atoms with van der Waals surface area (Å²) >= 11 is 0. The smallest absolute Gasteiger partial charge is 0.288 e. The average molecular weight is 504 g/mol. The standard InChI is InChI=1S/C30H33NO6/c1-31(23-7-3-2-4-8-23)30(34)27-15-22(25-19-35-26-10-6-5-9-24(26)29(25)33)16-28(37-27)36-18-21-13-11-20(17-32)12-14-21/h5-6,9-15,19,22-23,28,32H,2-4,7-8,16-18H2,1H3. The first-order chi connectivity index (χ1) is 18.0. The molecule has 2 heterocycles. The molecule has 2 aromatic carbocycles. The fourth-order valence-electron chi connectivity index (χ4n) is 5.21. The number of benzene rings is 2. The summed E-state index contributed by atoms with van der Waals surface area (Å²) in [6.07, 6.45) is 8.31. The number of nitrogens with zero attached hydrogens (tertiary/aromatic N) is 1. The van der Waals surface area contributed by atoms with Crippen LogP contribution in [0.25, 0.3) is 11.0 Å². The SMILES string of the molecule is CN(C(=O)C1=CC(c2coc3ccccc3c2=O)CC(OCc2ccc(CO)cc2)O1)C1CCCCC1. The van der Waals surface area contributed by atoms with E-state index < -0.39 is 12.2 Å². The molecule has 1 aromatic heterocycles. The summed E-state index contributed by atoms with van der Waals surface area (Å²) in [5.41, 5.74) is 2.63. The van der Waals surface area contributed by atoms with Gasteiger partial charge in [0.1, 0.15) is 5.58 Å². The van der Waals surface area contributed by atoms with E-state index in [1.165, 1.54) is 12.7 Å². The predicted molar refractivity (Wildman–Crippen MR) is 140 cm³/mol. The van der Waals surface area contributed by atoms with Gasteiger partial charge >= 0.3 is 0 Å². The van der Waals surface area contributed by atoms with Crippen LogP contribution in [-0.4, -0.2) is 35.3 Å². The highest BCUT2D eigenvalue weighted by atomic mass is 16.7. The number of carbonyl (C=O) groups is 1. The summed E-state index contributed by atoms with van der Waals surface area (Å²) in [6.45, 7) is 0.253. The first-order valence-electron chi connectivity index (χ1n) is 13.0. The van der Waals surface area contributed by atoms with Gasteiger partial charge in [0.2, 0.25) is 6.29 Å². The van der Waals surface area contributed by atoms with Gasteiger partial charge in [0, 0.05) is 31.0 Å². The minimum Gasteiger partial charge on any atom is -0.464 e. The monoisotopic (exact) mass is 503 g/mol. The van der Waals surface area contributed by atoms with Crippen molar-refractivity contribution in [3.05, 3.63) is 93.5 Å². The van der Waals surface area contributed by atoms with Crippen LogP contribution < -0.4 is 5.43 Å². The highest BCUT2D eigenvalue weighted by Crippen LogP contribution is 2.33. The van der Waals surface area contributed by atoms with Crippen LogP contribution >= 0.6 is 0 Å². The summed E-state index contributed by atoms with van der Waals surface area (Å²) in [6, 6.07) is 14.8. The fourth-order valence-corrected chi connectivity index (χ4v) is 5.21. The third-order valence-electron chi connectivity index (χ3n) is 7.46. The highest BCUT2D eigenvalue weighted by Gasteiger charge is 2.33. The predicted octanol–water partition coefficient (Wildman–Crippen LogP) is 5.01. The van der Waals surface area contributed by atoms with E-state index in [0.717, 1.165) is 36.8 Å². The van der Waals surface area contributed by atoms with E-state index in [2.05, 4.69) is 0 Å². The largest absolute Gasteiger partial charge is 0.464 e. The molecule has 7 nitrogen and oxygen atoms in total. The molecule has 0 radical (unpaired) electrons. The van der Waals surface area contributed by atoms with Crippen LogP contribution in [0.3, 0.4) is 0 Å². The second-order valence-corrected chi connectivity index (χ2v) is 9.93. The number of rotatable bonds is 7. The number of aliphatic hydroxyl groups excluding tert-OH is 1. The van der Waals surface area contributed by atoms with E-state index >= 15 is 0 Å². The number of para-hydroxylation sites is 1. The van der Waals surface area contributed by atoms with Gasteiger partial charge in [-0.3, -0.25) is 9.59 Å². The van der Waals surface area contributed by atoms with Crippen molar-refractivity contribution in [3.63, 3.8) is 0 Å². The molecular formula is C30H33NO6. The molecular weight excluding hydrogens is 470 g/mol. The Bertz CT molecular complexity index is 1320. The van der Waals surface area contributed by atoms with Gasteiger partial charge in [-0.15, -0.1) is 0 Å². The van der Waals surface area contributed by atoms with Crippen molar-refractivity contribution in [3.8, 4) is 0 Å². The topological polar surface area (TPSA) is 89.2 Å². The molecule has 0 spiro atoms. The lowest BCUT2D eigenvalue weighted by atomic mass is 9.92. The molecule has 2 aliphatic rings. The van der Waals surface area contributed by atoms with Gasteiger partial charge in [-0.25, -0.2) is 0 Å². The zero-order valence-electron chi connectivity index (χ0n) is 21.1. The number of likely N-dealkylation sites (N-methyl/N-ethyl adjacent to an activating group) is 1. The molecule has 1 aliphatic heterocycles. The molecule has 194 valence electrons. The molecule has 7 heteroatoms. The van der Waals surface area contributed by atoms with Gasteiger partial charge in [0.25, 0.3) is 5.91 Å². The molecule has 5 rings (SSSR count). The lowest BCUT2D eigenvalue weighted by molar-refractivity contribution is -0.156. The molecule has 1 aliphatic carbocycles. The van der Waals surface area contributed by atoms with Gasteiger partial charge in [0.05, 0.1) is 24.9 Å². The van der Waals surface area contributed by atoms with Crippen molar-refractivity contribution in [2.24, 2.45) is 0 Å². The molecule has 1 saturated carbocycles. The normalized spacial score (nSPS) is 20.3. The van der Waals surface area contributed by atoms with Crippen LogP contribution in [0, 0.1) is 0 Å². The second kappa shape index (κ2) is 11.3. The van der Waals surface area contributed by atoms with E-state index in [-0.39, 0.29) is 36.4 Å². The maximum atomic E-state index is 13.5. The van der Waals surface area contributed by atoms with Crippen LogP contribution in [0.5, 0.6) is 0 Å². The van der Waals surface area contributed by atoms with E-state index in [0.29, 0.717) is 23.0 Å². The third-order valence-corrected chi connectivity index (χ3v) is 7.46. The summed E-state index contributed by atoms with van der Waals surface area (Å²) in [4.78, 5) is 28.6. The van der Waals surface area contributed by atoms with E-state index in [1.54, 1.807) is 23.1 Å². The summed E-state index contributed by atoms with van der Waals surface area (Å²) in [5, 5.41) is 9.79. The first kappa shape index (κ1) is 25.2. The molecule has 1 N–H and O–H groups in total. The number of allylic oxidation sites excluding steroid dienone is 1. The number of fused-ring (bicyclic) bond motifs is 1. The number of amides is 1. The summed E-state index contributed by atoms with van der Waals surface area (Å²) < 4.78 is 18.0. The molecule has 3 aromatic rings. The first-order valence-corrected chi connectivity index (χ1v) is 13.0. The van der Waals surface area contributed by atoms with Gasteiger partial charge in [-0.2, -0.15) is 0 Å². The van der Waals surface area contributed by atoms with Gasteiger partial charge < -0.3 is 23.9 Å². The Kier molecular flexibility index (Phi) is 7.72. The molecule has 2 atom stereocenters. The Morgan fingerprint density at radius 3 is 2.54 bits per heavy atom. The zero-order valence-corrected chi connectivity index (χ0v) is 21.1. The number of hydrogen-bond acceptors (Lipinski definition) is 6.